The molecule has 0 aliphatic carbocycles. The molecule has 6 rings (SSSR count). The Morgan fingerprint density at radius 1 is 0.478 bits per heavy atom. The second-order valence-electron chi connectivity index (χ2n) is 21.9. The van der Waals surface area contributed by atoms with Crippen molar-refractivity contribution in [3.8, 4) is 0 Å². The van der Waals surface area contributed by atoms with Crippen molar-refractivity contribution in [1.29, 1.82) is 0 Å². The molecule has 3 amide bonds. The van der Waals surface area contributed by atoms with E-state index in [2.05, 4.69) is 10.6 Å². The number of aliphatic hydroxyl groups excluding tert-OH is 21. The molecule has 0 aromatic heterocycles. The number of aliphatic hydroxyl groups is 21. The Labute approximate surface area is 506 Å². The lowest BCUT2D eigenvalue weighted by atomic mass is 9.88. The lowest BCUT2D eigenvalue weighted by Gasteiger charge is -2.52. The monoisotopic (exact) mass is 1320 g/mol. The van der Waals surface area contributed by atoms with Crippen LogP contribution in [0.5, 0.6) is 0 Å². The molecule has 6 aliphatic rings. The third-order valence-electron chi connectivity index (χ3n) is 15.8. The number of rotatable bonds is 27. The third-order valence-corrected chi connectivity index (χ3v) is 15.8. The molecule has 42 nitrogen and oxygen atoms in total. The highest BCUT2D eigenvalue weighted by molar-refractivity contribution is 5.79. The minimum Gasteiger partial charge on any atom is -0.477 e. The molecule has 0 radical (unpaired) electrons. The van der Waals surface area contributed by atoms with E-state index in [1.165, 1.54) is 0 Å². The van der Waals surface area contributed by atoms with E-state index in [1.807, 2.05) is 5.32 Å². The van der Waals surface area contributed by atoms with E-state index >= 15 is 0 Å². The molecule has 90 heavy (non-hydrogen) atoms. The van der Waals surface area contributed by atoms with Crippen molar-refractivity contribution in [2.45, 2.75) is 215 Å². The Kier molecular flexibility index (Phi) is 26.7. The first-order chi connectivity index (χ1) is 42.3. The van der Waals surface area contributed by atoms with E-state index in [4.69, 9.17) is 52.1 Å². The summed E-state index contributed by atoms with van der Waals surface area (Å²) in [6.07, 6.45) is -63.7. The molecule has 26 N–H and O–H groups in total. The van der Waals surface area contributed by atoms with Crippen molar-refractivity contribution < 1.29 is 194 Å². The van der Waals surface area contributed by atoms with Gasteiger partial charge in [-0.1, -0.05) is 0 Å². The van der Waals surface area contributed by atoms with Crippen molar-refractivity contribution >= 4 is 29.7 Å². The minimum atomic E-state index is -3.42. The summed E-state index contributed by atoms with van der Waals surface area (Å²) in [7, 11) is 0. The summed E-state index contributed by atoms with van der Waals surface area (Å²) in [6, 6.07) is -6.00. The number of amides is 3. The van der Waals surface area contributed by atoms with Gasteiger partial charge in [0.05, 0.1) is 63.9 Å². The number of hydrogen-bond acceptors (Lipinski definition) is 37. The van der Waals surface area contributed by atoms with Crippen LogP contribution in [0.1, 0.15) is 19.8 Å². The van der Waals surface area contributed by atoms with Crippen LogP contribution in [0.25, 0.3) is 0 Å². The lowest BCUT2D eigenvalue weighted by Crippen LogP contribution is -2.72. The highest BCUT2D eigenvalue weighted by atomic mass is 16.8. The average molecular weight is 1320 g/mol. The Bertz CT molecular complexity index is 2360. The van der Waals surface area contributed by atoms with Crippen molar-refractivity contribution in [3.63, 3.8) is 0 Å². The van der Waals surface area contributed by atoms with Gasteiger partial charge in [0.1, 0.15) is 147 Å². The smallest absolute Gasteiger partial charge is 0.364 e. The Morgan fingerprint density at radius 3 is 1.36 bits per heavy atom. The zero-order valence-electron chi connectivity index (χ0n) is 47.2. The van der Waals surface area contributed by atoms with Crippen molar-refractivity contribution in [2.24, 2.45) is 0 Å². The first-order valence-corrected chi connectivity index (χ1v) is 27.7. The summed E-state index contributed by atoms with van der Waals surface area (Å²) >= 11 is 0. The molecule has 0 unspecified atom stereocenters. The zero-order chi connectivity index (χ0) is 67.2. The maximum atomic E-state index is 13.3. The second kappa shape index (κ2) is 32.0. The number of carboxylic acids is 2. The predicted molar refractivity (Wildman–Crippen MR) is 271 cm³/mol. The molecule has 6 fully saturated rings. The number of hydrogen-bond donors (Lipinski definition) is 26. The summed E-state index contributed by atoms with van der Waals surface area (Å²) in [6.45, 7) is -9.08. The van der Waals surface area contributed by atoms with Gasteiger partial charge in [0, 0.05) is 19.8 Å². The van der Waals surface area contributed by atoms with Gasteiger partial charge in [0.15, 0.2) is 25.2 Å². The Morgan fingerprint density at radius 2 is 0.900 bits per heavy atom. The van der Waals surface area contributed by atoms with Gasteiger partial charge in [-0.2, -0.15) is 0 Å². The number of carbonyl (C=O) groups excluding carboxylic acids is 3. The quantitative estimate of drug-likeness (QED) is 0.0363. The summed E-state index contributed by atoms with van der Waals surface area (Å²) in [4.78, 5) is 64.4. The molecule has 6 heterocycles. The minimum absolute atomic E-state index is 0.832. The SMILES string of the molecule is CC(=O)N[C@H]1[C@H](O[C@H]2[C@@H](O)[C@@H](CO)O[C@@H](O[C@H]3[C@H](O)[C@@H](O)[C@H](O)O[C@@H]3CO)[C@@H]2O)O[C@H](CO[C@]2(C(=O)O)C[C@H](O)[C@@H](NC(=O)CO)[C@H]([C@H](O)[C@H](O)CO)O2)[C@@H](O)[C@@H]1O[C@@H]1O[C@H](CO)[C@H](O)[C@H](O[C@]2(C(=O)O)C[C@H](O)[C@@H](NC(=O)CO)[C@H]([C@H](O)[C@H](O)CO)O2)[C@H]1O. The van der Waals surface area contributed by atoms with Gasteiger partial charge in [0.2, 0.25) is 17.7 Å². The van der Waals surface area contributed by atoms with E-state index in [0.717, 1.165) is 6.92 Å². The van der Waals surface area contributed by atoms with E-state index in [0.29, 0.717) is 0 Å². The van der Waals surface area contributed by atoms with Crippen molar-refractivity contribution in [1.82, 2.24) is 16.0 Å². The van der Waals surface area contributed by atoms with Gasteiger partial charge in [0.25, 0.3) is 11.6 Å². The van der Waals surface area contributed by atoms with Crippen LogP contribution in [-0.2, 0) is 76.1 Å². The summed E-state index contributed by atoms with van der Waals surface area (Å²) in [5.74, 6) is -14.7. The number of nitrogens with one attached hydrogen (secondary N) is 3. The average Bonchev–Trinajstić information content (AvgIpc) is 0.811. The van der Waals surface area contributed by atoms with Gasteiger partial charge in [-0.3, -0.25) is 14.4 Å². The molecule has 0 bridgehead atoms. The predicted octanol–water partition coefficient (Wildman–Crippen LogP) is -17.3. The summed E-state index contributed by atoms with van der Waals surface area (Å²) in [5.41, 5.74) is 0. The maximum absolute atomic E-state index is 13.3. The first-order valence-electron chi connectivity index (χ1n) is 27.7. The van der Waals surface area contributed by atoms with Gasteiger partial charge < -0.3 is 186 Å². The fourth-order valence-electron chi connectivity index (χ4n) is 11.0. The van der Waals surface area contributed by atoms with Crippen LogP contribution in [-0.4, -0.2) is 395 Å². The van der Waals surface area contributed by atoms with Crippen molar-refractivity contribution in [2.75, 3.05) is 52.9 Å². The van der Waals surface area contributed by atoms with Gasteiger partial charge in [-0.05, 0) is 0 Å². The number of carbonyl (C=O) groups is 5. The molecule has 32 atom stereocenters. The van der Waals surface area contributed by atoms with Crippen LogP contribution in [0.2, 0.25) is 0 Å². The number of aliphatic carboxylic acids is 2. The van der Waals surface area contributed by atoms with Crippen LogP contribution in [0.3, 0.4) is 0 Å². The first kappa shape index (κ1) is 75.1. The van der Waals surface area contributed by atoms with E-state index in [9.17, 15) is 141 Å². The van der Waals surface area contributed by atoms with E-state index in [1.54, 1.807) is 0 Å². The molecule has 0 saturated carbocycles. The van der Waals surface area contributed by atoms with Gasteiger partial charge in [-0.15, -0.1) is 0 Å². The molecular weight excluding hydrogens is 1240 g/mol. The van der Waals surface area contributed by atoms with Crippen LogP contribution >= 0.6 is 0 Å². The molecule has 6 aliphatic heterocycles. The molecule has 0 aromatic carbocycles. The lowest BCUT2D eigenvalue weighted by molar-refractivity contribution is -0.391. The molecule has 0 aromatic rings. The third kappa shape index (κ3) is 16.2. The highest BCUT2D eigenvalue weighted by Gasteiger charge is 2.63. The Balaban J connectivity index is 1.43. The van der Waals surface area contributed by atoms with E-state index < -0.39 is 291 Å². The molecular formula is C48H79N3O39. The fourth-order valence-corrected chi connectivity index (χ4v) is 11.0. The zero-order valence-corrected chi connectivity index (χ0v) is 47.2. The maximum Gasteiger partial charge on any atom is 0.364 e. The number of ether oxygens (including phenoxy) is 11. The normalized spacial score (nSPS) is 43.9. The highest BCUT2D eigenvalue weighted by Crippen LogP contribution is 2.41. The largest absolute Gasteiger partial charge is 0.477 e. The van der Waals surface area contributed by atoms with Crippen LogP contribution in [0.4, 0.5) is 0 Å². The Hall–Kier alpha value is -3.93. The summed E-state index contributed by atoms with van der Waals surface area (Å²) < 4.78 is 62.9. The van der Waals surface area contributed by atoms with Crippen LogP contribution in [0, 0.1) is 0 Å². The van der Waals surface area contributed by atoms with Crippen LogP contribution in [0.15, 0.2) is 0 Å². The van der Waals surface area contributed by atoms with E-state index in [-0.39, 0.29) is 0 Å². The van der Waals surface area contributed by atoms with Crippen LogP contribution < -0.4 is 16.0 Å². The molecule has 6 saturated heterocycles. The molecule has 520 valence electrons. The topological polar surface area (TPSA) is 688 Å². The van der Waals surface area contributed by atoms with Gasteiger partial charge >= 0.3 is 11.9 Å². The molecule has 42 heteroatoms. The molecule has 0 spiro atoms. The fraction of sp³-hybridized carbons (Fsp3) is 0.896. The number of carboxylic acid groups (broad SMARTS) is 2. The summed E-state index contributed by atoms with van der Waals surface area (Å²) in [5, 5.41) is 253. The standard InChI is InChI=1S/C48H79N3O39/c1-12(59)49-25-36(86-44-34(74)40(29(69)18(7-55)83-44)90-48(46(78)79)3-14(61)24(51-22(65)10-58)38(89-48)27(67)16(63)5-53)30(70)20(11-80-47(45(76)77)2-13(60)23(50-21(64)9-57)37(88-47)26(66)15(62)4-52)84-42(25)87-39-28(68)17(6-54)82-43(33(39)73)85-35-19(8-56)81-41(75)32(72)31(35)71/h13-20,23-44,52-58,60-63,66-75H,2-11H2,1H3,(H,49,59)(H,50,64)(H,51,65)(H,76,77)(H,78,79)/t13-,14-,15+,16+,17+,18+,19+,20+,23+,24+,25+,26+,27+,28-,29-,30+,31+,32+,33+,34+,35+,36+,37+,38+,39-,40-,41+,42-,43-,44-,47+,48-/m0/s1. The van der Waals surface area contributed by atoms with Gasteiger partial charge in [-0.25, -0.2) is 9.59 Å². The van der Waals surface area contributed by atoms with Crippen molar-refractivity contribution in [3.05, 3.63) is 0 Å². The second-order valence-corrected chi connectivity index (χ2v) is 21.9.